The van der Waals surface area contributed by atoms with E-state index in [1.54, 1.807) is 18.6 Å². The van der Waals surface area contributed by atoms with Crippen LogP contribution in [0.2, 0.25) is 0 Å². The molecule has 0 unspecified atom stereocenters. The molecular weight excluding hydrogens is 390 g/mol. The summed E-state index contributed by atoms with van der Waals surface area (Å²) in [5, 5.41) is 0. The van der Waals surface area contributed by atoms with E-state index in [0.29, 0.717) is 23.4 Å². The van der Waals surface area contributed by atoms with Crippen molar-refractivity contribution in [3.8, 4) is 0 Å². The Hall–Kier alpha value is -2.70. The van der Waals surface area contributed by atoms with E-state index in [1.807, 2.05) is 21.6 Å². The molecular formula is C24H29N5O2. The summed E-state index contributed by atoms with van der Waals surface area (Å²) in [5.41, 5.74) is 1.64. The summed E-state index contributed by atoms with van der Waals surface area (Å²) >= 11 is 0. The summed E-state index contributed by atoms with van der Waals surface area (Å²) in [6.45, 7) is 4.02. The number of anilines is 1. The van der Waals surface area contributed by atoms with E-state index >= 15 is 0 Å². The van der Waals surface area contributed by atoms with Gasteiger partial charge in [-0.2, -0.15) is 0 Å². The van der Waals surface area contributed by atoms with Crippen molar-refractivity contribution in [3.05, 3.63) is 52.3 Å². The minimum absolute atomic E-state index is 0.0672. The minimum Gasteiger partial charge on any atom is -0.356 e. The van der Waals surface area contributed by atoms with Crippen LogP contribution in [-0.4, -0.2) is 51.5 Å². The van der Waals surface area contributed by atoms with Gasteiger partial charge in [0.15, 0.2) is 0 Å². The smallest absolute Gasteiger partial charge is 0.263 e. The van der Waals surface area contributed by atoms with Gasteiger partial charge in [-0.1, -0.05) is 12.8 Å². The van der Waals surface area contributed by atoms with Crippen LogP contribution in [0.3, 0.4) is 0 Å². The number of piperidine rings is 1. The fourth-order valence-corrected chi connectivity index (χ4v) is 6.58. The van der Waals surface area contributed by atoms with Gasteiger partial charge in [0.05, 0.1) is 0 Å². The van der Waals surface area contributed by atoms with E-state index < -0.39 is 0 Å². The van der Waals surface area contributed by atoms with Crippen LogP contribution in [0.1, 0.15) is 60.5 Å². The van der Waals surface area contributed by atoms with Crippen molar-refractivity contribution < 1.29 is 4.79 Å². The van der Waals surface area contributed by atoms with E-state index in [1.165, 1.54) is 25.7 Å². The summed E-state index contributed by atoms with van der Waals surface area (Å²) < 4.78 is 1.89. The lowest BCUT2D eigenvalue weighted by atomic mass is 9.83. The second-order valence-corrected chi connectivity index (χ2v) is 10.0. The topological polar surface area (TPSA) is 71.3 Å². The van der Waals surface area contributed by atoms with Crippen LogP contribution in [0, 0.1) is 11.3 Å². The van der Waals surface area contributed by atoms with Crippen LogP contribution in [0.25, 0.3) is 0 Å². The van der Waals surface area contributed by atoms with Crippen molar-refractivity contribution in [1.29, 1.82) is 0 Å². The van der Waals surface area contributed by atoms with E-state index in [4.69, 9.17) is 0 Å². The van der Waals surface area contributed by atoms with Crippen molar-refractivity contribution in [2.75, 3.05) is 31.1 Å². The Labute approximate surface area is 182 Å². The first-order valence-corrected chi connectivity index (χ1v) is 11.7. The highest BCUT2D eigenvalue weighted by Gasteiger charge is 2.42. The van der Waals surface area contributed by atoms with Crippen LogP contribution in [-0.2, 0) is 6.54 Å². The van der Waals surface area contributed by atoms with Gasteiger partial charge in [-0.25, -0.2) is 9.97 Å². The average molecular weight is 420 g/mol. The minimum atomic E-state index is -0.0972. The number of pyridine rings is 1. The standard InChI is InChI=1S/C24H29N5O2/c30-22(27-10-8-24(15-27)6-1-2-7-24)19-3-4-20-18-11-17(13-29(20)23(19)31)12-28(14-18)21-5-9-25-16-26-21/h3-5,9,16-18H,1-2,6-8,10-15H2/t17-,18+/m0/s1. The molecule has 1 aliphatic carbocycles. The maximum Gasteiger partial charge on any atom is 0.263 e. The fraction of sp³-hybridized carbons (Fsp3) is 0.583. The Morgan fingerprint density at radius 3 is 2.74 bits per heavy atom. The van der Waals surface area contributed by atoms with Gasteiger partial charge < -0.3 is 14.4 Å². The molecule has 3 fully saturated rings. The lowest BCUT2D eigenvalue weighted by molar-refractivity contribution is 0.0770. The Balaban J connectivity index is 1.26. The van der Waals surface area contributed by atoms with Crippen LogP contribution < -0.4 is 10.5 Å². The third-order valence-electron chi connectivity index (χ3n) is 8.11. The first-order chi connectivity index (χ1) is 15.1. The number of nitrogens with zero attached hydrogens (tertiary/aromatic N) is 5. The fourth-order valence-electron chi connectivity index (χ4n) is 6.58. The Kier molecular flexibility index (Phi) is 4.40. The van der Waals surface area contributed by atoms with Crippen molar-refractivity contribution in [3.63, 3.8) is 0 Å². The number of hydrogen-bond donors (Lipinski definition) is 0. The number of fused-ring (bicyclic) bond motifs is 4. The monoisotopic (exact) mass is 419 g/mol. The van der Waals surface area contributed by atoms with Gasteiger partial charge in [-0.05, 0) is 55.2 Å². The molecule has 6 rings (SSSR count). The lowest BCUT2D eigenvalue weighted by Gasteiger charge is -2.43. The zero-order chi connectivity index (χ0) is 21.0. The number of amides is 1. The van der Waals surface area contributed by atoms with E-state index in [-0.39, 0.29) is 17.4 Å². The first-order valence-electron chi connectivity index (χ1n) is 11.7. The molecule has 7 heteroatoms. The second kappa shape index (κ2) is 7.18. The number of carbonyl (C=O) groups is 1. The van der Waals surface area contributed by atoms with Crippen molar-refractivity contribution in [1.82, 2.24) is 19.4 Å². The van der Waals surface area contributed by atoms with Gasteiger partial charge in [0.2, 0.25) is 0 Å². The van der Waals surface area contributed by atoms with E-state index in [0.717, 1.165) is 50.5 Å². The molecule has 0 aromatic carbocycles. The molecule has 2 saturated heterocycles. The molecule has 1 saturated carbocycles. The molecule has 162 valence electrons. The van der Waals surface area contributed by atoms with Gasteiger partial charge in [-0.15, -0.1) is 0 Å². The van der Waals surface area contributed by atoms with Crippen LogP contribution in [0.4, 0.5) is 5.82 Å². The Morgan fingerprint density at radius 1 is 1.06 bits per heavy atom. The number of likely N-dealkylation sites (tertiary alicyclic amines) is 1. The van der Waals surface area contributed by atoms with Crippen LogP contribution in [0.15, 0.2) is 35.5 Å². The molecule has 7 nitrogen and oxygen atoms in total. The highest BCUT2D eigenvalue weighted by atomic mass is 16.2. The average Bonchev–Trinajstić information content (AvgIpc) is 3.44. The van der Waals surface area contributed by atoms with Gasteiger partial charge >= 0.3 is 0 Å². The van der Waals surface area contributed by atoms with Gasteiger partial charge in [0.25, 0.3) is 11.5 Å². The molecule has 2 aromatic rings. The second-order valence-electron chi connectivity index (χ2n) is 10.0. The number of aromatic nitrogens is 3. The molecule has 0 N–H and O–H groups in total. The maximum absolute atomic E-state index is 13.4. The predicted molar refractivity (Wildman–Crippen MR) is 117 cm³/mol. The third-order valence-corrected chi connectivity index (χ3v) is 8.11. The molecule has 0 radical (unpaired) electrons. The summed E-state index contributed by atoms with van der Waals surface area (Å²) in [5.74, 6) is 1.55. The lowest BCUT2D eigenvalue weighted by Crippen LogP contribution is -2.48. The molecule has 3 aliphatic heterocycles. The molecule has 4 aliphatic rings. The molecule has 2 atom stereocenters. The highest BCUT2D eigenvalue weighted by Crippen LogP contribution is 2.45. The molecule has 5 heterocycles. The van der Waals surface area contributed by atoms with Gasteiger partial charge in [0.1, 0.15) is 17.7 Å². The summed E-state index contributed by atoms with van der Waals surface area (Å²) in [4.78, 5) is 39.3. The molecule has 1 spiro atoms. The zero-order valence-corrected chi connectivity index (χ0v) is 17.9. The van der Waals surface area contributed by atoms with Crippen molar-refractivity contribution in [2.24, 2.45) is 11.3 Å². The van der Waals surface area contributed by atoms with Crippen LogP contribution >= 0.6 is 0 Å². The largest absolute Gasteiger partial charge is 0.356 e. The number of rotatable bonds is 2. The zero-order valence-electron chi connectivity index (χ0n) is 17.9. The highest BCUT2D eigenvalue weighted by molar-refractivity contribution is 5.94. The maximum atomic E-state index is 13.4. The van der Waals surface area contributed by atoms with E-state index in [2.05, 4.69) is 14.9 Å². The van der Waals surface area contributed by atoms with Crippen molar-refractivity contribution >= 4 is 11.7 Å². The Morgan fingerprint density at radius 2 is 1.94 bits per heavy atom. The van der Waals surface area contributed by atoms with Crippen LogP contribution in [0.5, 0.6) is 0 Å². The molecule has 2 bridgehead atoms. The number of carbonyl (C=O) groups excluding carboxylic acids is 1. The summed E-state index contributed by atoms with van der Waals surface area (Å²) in [6, 6.07) is 5.77. The van der Waals surface area contributed by atoms with E-state index in [9.17, 15) is 9.59 Å². The van der Waals surface area contributed by atoms with Gasteiger partial charge in [-0.3, -0.25) is 9.59 Å². The molecule has 31 heavy (non-hydrogen) atoms. The predicted octanol–water partition coefficient (Wildman–Crippen LogP) is 2.67. The van der Waals surface area contributed by atoms with Gasteiger partial charge in [0, 0.05) is 50.5 Å². The third kappa shape index (κ3) is 3.17. The number of hydrogen-bond acceptors (Lipinski definition) is 5. The summed E-state index contributed by atoms with van der Waals surface area (Å²) in [7, 11) is 0. The molecule has 1 amide bonds. The SMILES string of the molecule is O=C(c1ccc2n(c1=O)C[C@H]1C[C@@H]2CN(c2ccncn2)C1)N1CCC2(CCCC2)C1. The Bertz CT molecular complexity index is 1060. The first kappa shape index (κ1) is 19.0. The normalized spacial score (nSPS) is 26.3. The quantitative estimate of drug-likeness (QED) is 0.748. The molecule has 2 aromatic heterocycles. The summed E-state index contributed by atoms with van der Waals surface area (Å²) in [6.07, 6.45) is 10.5. The van der Waals surface area contributed by atoms with Crippen molar-refractivity contribution in [2.45, 2.75) is 51.0 Å².